The lowest BCUT2D eigenvalue weighted by Crippen LogP contribution is -2.13. The molecule has 0 atom stereocenters. The zero-order valence-corrected chi connectivity index (χ0v) is 6.14. The van der Waals surface area contributed by atoms with Gasteiger partial charge in [-0.1, -0.05) is 0 Å². The van der Waals surface area contributed by atoms with E-state index < -0.39 is 5.91 Å². The van der Waals surface area contributed by atoms with E-state index in [9.17, 15) is 4.79 Å². The summed E-state index contributed by atoms with van der Waals surface area (Å²) in [5.41, 5.74) is 5.15. The first-order valence-corrected chi connectivity index (χ1v) is 3.16. The molecule has 3 N–H and O–H groups in total. The molecular weight excluding hydrogens is 158 g/mol. The van der Waals surface area contributed by atoms with Crippen LogP contribution in [0.3, 0.4) is 0 Å². The van der Waals surface area contributed by atoms with Gasteiger partial charge in [-0.2, -0.15) is 0 Å². The number of aliphatic hydroxyl groups is 1. The molecule has 0 saturated heterocycles. The lowest BCUT2D eigenvalue weighted by molar-refractivity contribution is -0.112. The quantitative estimate of drug-likeness (QED) is 0.471. The standard InChI is InChI=1S/C7H7N3O2/c8-7(12)5(4-11)6-3-9-1-2-10-6/h1-4,11H,(H2,8,12)/b5-4-. The highest BCUT2D eigenvalue weighted by atomic mass is 16.2. The number of carbonyl (C=O) groups is 1. The molecule has 0 aromatic carbocycles. The van der Waals surface area contributed by atoms with Crippen molar-refractivity contribution in [1.82, 2.24) is 9.97 Å². The van der Waals surface area contributed by atoms with E-state index in [1.807, 2.05) is 0 Å². The summed E-state index contributed by atoms with van der Waals surface area (Å²) in [6, 6.07) is 0. The molecule has 0 radical (unpaired) electrons. The third kappa shape index (κ3) is 1.57. The molecule has 0 aliphatic carbocycles. The summed E-state index contributed by atoms with van der Waals surface area (Å²) in [5, 5.41) is 8.62. The Morgan fingerprint density at radius 3 is 2.75 bits per heavy atom. The van der Waals surface area contributed by atoms with Gasteiger partial charge in [0, 0.05) is 12.4 Å². The Bertz CT molecular complexity index is 308. The lowest BCUT2D eigenvalue weighted by Gasteiger charge is -1.97. The number of nitrogens with zero attached hydrogens (tertiary/aromatic N) is 2. The molecule has 1 aromatic heterocycles. The topological polar surface area (TPSA) is 89.1 Å². The van der Waals surface area contributed by atoms with Gasteiger partial charge in [-0.25, -0.2) is 0 Å². The first kappa shape index (κ1) is 8.19. The summed E-state index contributed by atoms with van der Waals surface area (Å²) in [6.07, 6.45) is 4.82. The maximum atomic E-state index is 10.7. The van der Waals surface area contributed by atoms with Crippen molar-refractivity contribution in [2.45, 2.75) is 0 Å². The number of primary amides is 1. The van der Waals surface area contributed by atoms with Crippen molar-refractivity contribution in [3.05, 3.63) is 30.5 Å². The van der Waals surface area contributed by atoms with E-state index >= 15 is 0 Å². The summed E-state index contributed by atoms with van der Waals surface area (Å²) in [7, 11) is 0. The first-order valence-electron chi connectivity index (χ1n) is 3.16. The number of rotatable bonds is 2. The number of hydrogen-bond donors (Lipinski definition) is 2. The van der Waals surface area contributed by atoms with Gasteiger partial charge in [0.2, 0.25) is 0 Å². The van der Waals surface area contributed by atoms with Crippen LogP contribution in [0.2, 0.25) is 0 Å². The van der Waals surface area contributed by atoms with Gasteiger partial charge < -0.3 is 10.8 Å². The van der Waals surface area contributed by atoms with Gasteiger partial charge in [0.05, 0.1) is 18.2 Å². The Kier molecular flexibility index (Phi) is 2.37. The minimum Gasteiger partial charge on any atom is -0.515 e. The number of hydrogen-bond acceptors (Lipinski definition) is 4. The van der Waals surface area contributed by atoms with Gasteiger partial charge in [0.15, 0.2) is 0 Å². The summed E-state index contributed by atoms with van der Waals surface area (Å²) in [6.45, 7) is 0. The van der Waals surface area contributed by atoms with Gasteiger partial charge in [0.1, 0.15) is 5.57 Å². The van der Waals surface area contributed by atoms with E-state index in [0.29, 0.717) is 6.26 Å². The second kappa shape index (κ2) is 3.47. The van der Waals surface area contributed by atoms with Crippen LogP contribution < -0.4 is 5.73 Å². The Balaban J connectivity index is 3.05. The van der Waals surface area contributed by atoms with Gasteiger partial charge in [-0.15, -0.1) is 0 Å². The number of nitrogens with two attached hydrogens (primary N) is 1. The maximum Gasteiger partial charge on any atom is 0.254 e. The molecule has 5 nitrogen and oxygen atoms in total. The van der Waals surface area contributed by atoms with Crippen LogP contribution in [0.5, 0.6) is 0 Å². The molecule has 1 amide bonds. The van der Waals surface area contributed by atoms with Crippen LogP contribution in [0.1, 0.15) is 5.69 Å². The Labute approximate surface area is 68.6 Å². The van der Waals surface area contributed by atoms with Crippen LogP contribution >= 0.6 is 0 Å². The number of aromatic nitrogens is 2. The fourth-order valence-corrected chi connectivity index (χ4v) is 0.694. The Morgan fingerprint density at radius 2 is 2.33 bits per heavy atom. The van der Waals surface area contributed by atoms with E-state index in [2.05, 4.69) is 9.97 Å². The van der Waals surface area contributed by atoms with Crippen LogP contribution in [0.4, 0.5) is 0 Å². The summed E-state index contributed by atoms with van der Waals surface area (Å²) < 4.78 is 0. The predicted octanol–water partition coefficient (Wildman–Crippen LogP) is -0.139. The second-order valence-corrected chi connectivity index (χ2v) is 2.00. The molecule has 12 heavy (non-hydrogen) atoms. The largest absolute Gasteiger partial charge is 0.515 e. The number of aliphatic hydroxyl groups excluding tert-OH is 1. The van der Waals surface area contributed by atoms with Crippen LogP contribution in [0, 0.1) is 0 Å². The zero-order chi connectivity index (χ0) is 8.97. The van der Waals surface area contributed by atoms with Crippen molar-refractivity contribution in [2.24, 2.45) is 5.73 Å². The van der Waals surface area contributed by atoms with Crippen molar-refractivity contribution in [1.29, 1.82) is 0 Å². The minimum absolute atomic E-state index is 0.0527. The summed E-state index contributed by atoms with van der Waals surface area (Å²) >= 11 is 0. The van der Waals surface area contributed by atoms with Crippen molar-refractivity contribution in [2.75, 3.05) is 0 Å². The predicted molar refractivity (Wildman–Crippen MR) is 41.8 cm³/mol. The molecule has 0 aliphatic heterocycles. The molecular formula is C7H7N3O2. The molecule has 0 bridgehead atoms. The van der Waals surface area contributed by atoms with Crippen molar-refractivity contribution in [3.63, 3.8) is 0 Å². The third-order valence-corrected chi connectivity index (χ3v) is 1.23. The lowest BCUT2D eigenvalue weighted by atomic mass is 10.2. The Morgan fingerprint density at radius 1 is 1.58 bits per heavy atom. The minimum atomic E-state index is -0.738. The fraction of sp³-hybridized carbons (Fsp3) is 0. The molecule has 0 unspecified atom stereocenters. The number of amides is 1. The summed E-state index contributed by atoms with van der Waals surface area (Å²) in [5.74, 6) is -0.738. The number of carbonyl (C=O) groups excluding carboxylic acids is 1. The summed E-state index contributed by atoms with van der Waals surface area (Å²) in [4.78, 5) is 18.2. The van der Waals surface area contributed by atoms with E-state index in [1.54, 1.807) is 0 Å². The van der Waals surface area contributed by atoms with Crippen molar-refractivity contribution in [3.8, 4) is 0 Å². The average Bonchev–Trinajstić information content (AvgIpc) is 2.07. The van der Waals surface area contributed by atoms with Crippen LogP contribution in [0.15, 0.2) is 24.9 Å². The monoisotopic (exact) mass is 165 g/mol. The second-order valence-electron chi connectivity index (χ2n) is 2.00. The molecule has 1 rings (SSSR count). The SMILES string of the molecule is NC(=O)/C(=C\O)c1cnccn1. The normalized spacial score (nSPS) is 11.2. The highest BCUT2D eigenvalue weighted by molar-refractivity contribution is 6.17. The van der Waals surface area contributed by atoms with E-state index in [0.717, 1.165) is 0 Å². The zero-order valence-electron chi connectivity index (χ0n) is 6.14. The van der Waals surface area contributed by atoms with Gasteiger partial charge in [-0.05, 0) is 0 Å². The van der Waals surface area contributed by atoms with E-state index in [4.69, 9.17) is 10.8 Å². The average molecular weight is 165 g/mol. The van der Waals surface area contributed by atoms with Gasteiger partial charge in [0.25, 0.3) is 5.91 Å². The molecule has 0 aliphatic rings. The first-order chi connectivity index (χ1) is 5.75. The van der Waals surface area contributed by atoms with Gasteiger partial charge >= 0.3 is 0 Å². The maximum absolute atomic E-state index is 10.7. The molecule has 62 valence electrons. The Hall–Kier alpha value is -1.91. The molecule has 0 fully saturated rings. The molecule has 5 heteroatoms. The van der Waals surface area contributed by atoms with Crippen LogP contribution in [-0.4, -0.2) is 21.0 Å². The van der Waals surface area contributed by atoms with Crippen LogP contribution in [-0.2, 0) is 4.79 Å². The van der Waals surface area contributed by atoms with E-state index in [-0.39, 0.29) is 11.3 Å². The smallest absolute Gasteiger partial charge is 0.254 e. The van der Waals surface area contributed by atoms with E-state index in [1.165, 1.54) is 18.6 Å². The highest BCUT2D eigenvalue weighted by Gasteiger charge is 2.08. The molecule has 0 spiro atoms. The third-order valence-electron chi connectivity index (χ3n) is 1.23. The molecule has 0 saturated carbocycles. The van der Waals surface area contributed by atoms with Crippen LogP contribution in [0.25, 0.3) is 5.57 Å². The van der Waals surface area contributed by atoms with Gasteiger partial charge in [-0.3, -0.25) is 14.8 Å². The van der Waals surface area contributed by atoms with Crippen molar-refractivity contribution < 1.29 is 9.90 Å². The highest BCUT2D eigenvalue weighted by Crippen LogP contribution is 2.06. The van der Waals surface area contributed by atoms with Crippen molar-refractivity contribution >= 4 is 11.5 Å². The fourth-order valence-electron chi connectivity index (χ4n) is 0.694. The molecule has 1 heterocycles. The molecule has 1 aromatic rings.